The van der Waals surface area contributed by atoms with Gasteiger partial charge in [-0.25, -0.2) is 4.98 Å². The fraction of sp³-hybridized carbons (Fsp3) is 0.632. The average molecular weight is 315 g/mol. The summed E-state index contributed by atoms with van der Waals surface area (Å²) in [4.78, 5) is 4.84. The fourth-order valence-electron chi connectivity index (χ4n) is 3.62. The van der Waals surface area contributed by atoms with Gasteiger partial charge in [0.1, 0.15) is 5.82 Å². The molecular formula is C19H29N3O. The highest BCUT2D eigenvalue weighted by atomic mass is 16.5. The molecule has 0 atom stereocenters. The molecule has 1 heterocycles. The van der Waals surface area contributed by atoms with E-state index in [1.54, 1.807) is 0 Å². The van der Waals surface area contributed by atoms with Crippen molar-refractivity contribution in [2.75, 3.05) is 20.3 Å². The zero-order valence-corrected chi connectivity index (χ0v) is 14.6. The smallest absolute Gasteiger partial charge is 0.123 e. The number of aromatic nitrogens is 2. The summed E-state index contributed by atoms with van der Waals surface area (Å²) in [7, 11) is 1.81. The Kier molecular flexibility index (Phi) is 5.02. The lowest BCUT2D eigenvalue weighted by Crippen LogP contribution is -2.43. The Bertz CT molecular complexity index is 643. The number of benzene rings is 1. The molecule has 2 aromatic rings. The lowest BCUT2D eigenvalue weighted by atomic mass is 9.69. The van der Waals surface area contributed by atoms with E-state index in [9.17, 15) is 0 Å². The Labute approximate surface area is 139 Å². The lowest BCUT2D eigenvalue weighted by Gasteiger charge is -2.41. The first-order valence-electron chi connectivity index (χ1n) is 8.77. The van der Waals surface area contributed by atoms with Crippen molar-refractivity contribution in [2.45, 2.75) is 46.2 Å². The molecule has 3 rings (SSSR count). The number of imidazole rings is 1. The van der Waals surface area contributed by atoms with E-state index in [1.807, 2.05) is 7.11 Å². The van der Waals surface area contributed by atoms with Crippen LogP contribution in [0.5, 0.6) is 0 Å². The van der Waals surface area contributed by atoms with Gasteiger partial charge in [-0.3, -0.25) is 0 Å². The molecule has 1 aliphatic rings. The average Bonchev–Trinajstić information content (AvgIpc) is 2.82. The monoisotopic (exact) mass is 315 g/mol. The van der Waals surface area contributed by atoms with Crippen LogP contribution in [-0.4, -0.2) is 29.8 Å². The highest BCUT2D eigenvalue weighted by Gasteiger charge is 2.36. The zero-order chi connectivity index (χ0) is 16.3. The number of fused-ring (bicyclic) bond motifs is 1. The number of rotatable bonds is 8. The molecule has 1 aromatic heterocycles. The second-order valence-electron chi connectivity index (χ2n) is 7.41. The van der Waals surface area contributed by atoms with Gasteiger partial charge in [0, 0.05) is 25.6 Å². The third kappa shape index (κ3) is 3.59. The minimum Gasteiger partial charge on any atom is -0.384 e. The molecule has 126 valence electrons. The van der Waals surface area contributed by atoms with Gasteiger partial charge in [-0.15, -0.1) is 0 Å². The number of methoxy groups -OCH3 is 1. The van der Waals surface area contributed by atoms with E-state index >= 15 is 0 Å². The standard InChI is InChI=1S/C19H29N3O/c1-15(2)12-22-17-8-5-4-7-16(17)21-18(22)11-20-13-19(14-23-3)9-6-10-19/h4-5,7-8,15,20H,6,9-14H2,1-3H3. The number of para-hydroxylation sites is 2. The summed E-state index contributed by atoms with van der Waals surface area (Å²) in [5.41, 5.74) is 2.69. The van der Waals surface area contributed by atoms with E-state index < -0.39 is 0 Å². The van der Waals surface area contributed by atoms with Crippen molar-refractivity contribution in [3.8, 4) is 0 Å². The van der Waals surface area contributed by atoms with Crippen molar-refractivity contribution >= 4 is 11.0 Å². The summed E-state index contributed by atoms with van der Waals surface area (Å²) in [5, 5.41) is 3.64. The molecule has 1 saturated carbocycles. The van der Waals surface area contributed by atoms with Gasteiger partial charge in [0.15, 0.2) is 0 Å². The lowest BCUT2D eigenvalue weighted by molar-refractivity contribution is 0.0176. The number of nitrogens with one attached hydrogen (secondary N) is 1. The van der Waals surface area contributed by atoms with E-state index in [0.717, 1.165) is 37.6 Å². The minimum absolute atomic E-state index is 0.351. The highest BCUT2D eigenvalue weighted by molar-refractivity contribution is 5.75. The van der Waals surface area contributed by atoms with E-state index in [-0.39, 0.29) is 0 Å². The van der Waals surface area contributed by atoms with Crippen LogP contribution in [0.4, 0.5) is 0 Å². The summed E-state index contributed by atoms with van der Waals surface area (Å²) < 4.78 is 7.79. The molecule has 0 bridgehead atoms. The zero-order valence-electron chi connectivity index (χ0n) is 14.6. The Morgan fingerprint density at radius 3 is 2.74 bits per heavy atom. The van der Waals surface area contributed by atoms with Gasteiger partial charge >= 0.3 is 0 Å². The number of nitrogens with zero attached hydrogens (tertiary/aromatic N) is 2. The summed E-state index contributed by atoms with van der Waals surface area (Å²) in [5.74, 6) is 1.75. The fourth-order valence-corrected chi connectivity index (χ4v) is 3.62. The number of ether oxygens (including phenoxy) is 1. The second-order valence-corrected chi connectivity index (χ2v) is 7.41. The van der Waals surface area contributed by atoms with Crippen LogP contribution in [0.15, 0.2) is 24.3 Å². The molecule has 1 aromatic carbocycles. The third-order valence-corrected chi connectivity index (χ3v) is 4.93. The molecule has 1 fully saturated rings. The molecule has 0 radical (unpaired) electrons. The molecular weight excluding hydrogens is 286 g/mol. The summed E-state index contributed by atoms with van der Waals surface area (Å²) >= 11 is 0. The van der Waals surface area contributed by atoms with Crippen LogP contribution < -0.4 is 5.32 Å². The van der Waals surface area contributed by atoms with E-state index in [2.05, 4.69) is 48.0 Å². The highest BCUT2D eigenvalue weighted by Crippen LogP contribution is 2.40. The van der Waals surface area contributed by atoms with Crippen LogP contribution >= 0.6 is 0 Å². The van der Waals surface area contributed by atoms with Crippen LogP contribution in [0.3, 0.4) is 0 Å². The predicted molar refractivity (Wildman–Crippen MR) is 94.4 cm³/mol. The third-order valence-electron chi connectivity index (χ3n) is 4.93. The minimum atomic E-state index is 0.351. The maximum atomic E-state index is 5.42. The van der Waals surface area contributed by atoms with Gasteiger partial charge in [-0.1, -0.05) is 32.4 Å². The molecule has 0 aliphatic heterocycles. The Balaban J connectivity index is 1.71. The number of hydrogen-bond acceptors (Lipinski definition) is 3. The maximum Gasteiger partial charge on any atom is 0.123 e. The van der Waals surface area contributed by atoms with E-state index in [4.69, 9.17) is 9.72 Å². The summed E-state index contributed by atoms with van der Waals surface area (Å²) in [6, 6.07) is 8.44. The Morgan fingerprint density at radius 2 is 2.09 bits per heavy atom. The Morgan fingerprint density at radius 1 is 1.30 bits per heavy atom. The quantitative estimate of drug-likeness (QED) is 0.809. The first-order valence-corrected chi connectivity index (χ1v) is 8.77. The van der Waals surface area contributed by atoms with Crippen molar-refractivity contribution < 1.29 is 4.74 Å². The van der Waals surface area contributed by atoms with Crippen molar-refractivity contribution in [3.63, 3.8) is 0 Å². The van der Waals surface area contributed by atoms with Crippen LogP contribution in [0.25, 0.3) is 11.0 Å². The van der Waals surface area contributed by atoms with E-state index in [1.165, 1.54) is 24.8 Å². The molecule has 4 heteroatoms. The molecule has 0 unspecified atom stereocenters. The summed E-state index contributed by atoms with van der Waals surface area (Å²) in [6.07, 6.45) is 3.88. The van der Waals surface area contributed by atoms with Crippen molar-refractivity contribution in [2.24, 2.45) is 11.3 Å². The van der Waals surface area contributed by atoms with Gasteiger partial charge in [0.2, 0.25) is 0 Å². The largest absolute Gasteiger partial charge is 0.384 e. The van der Waals surface area contributed by atoms with Gasteiger partial charge in [0.05, 0.1) is 24.2 Å². The SMILES string of the molecule is COCC1(CNCc2nc3ccccc3n2CC(C)C)CCC1. The van der Waals surface area contributed by atoms with Gasteiger partial charge in [0.25, 0.3) is 0 Å². The van der Waals surface area contributed by atoms with Crippen LogP contribution in [0, 0.1) is 11.3 Å². The molecule has 0 amide bonds. The first kappa shape index (κ1) is 16.5. The van der Waals surface area contributed by atoms with Crippen molar-refractivity contribution in [1.29, 1.82) is 0 Å². The van der Waals surface area contributed by atoms with Crippen LogP contribution in [-0.2, 0) is 17.8 Å². The molecule has 0 spiro atoms. The molecule has 0 saturated heterocycles. The second kappa shape index (κ2) is 7.02. The first-order chi connectivity index (χ1) is 11.1. The topological polar surface area (TPSA) is 39.1 Å². The van der Waals surface area contributed by atoms with Gasteiger partial charge in [-0.05, 0) is 30.9 Å². The van der Waals surface area contributed by atoms with Crippen molar-refractivity contribution in [3.05, 3.63) is 30.1 Å². The molecule has 1 aliphatic carbocycles. The predicted octanol–water partition coefficient (Wildman–Crippen LogP) is 3.60. The van der Waals surface area contributed by atoms with Gasteiger partial charge in [-0.2, -0.15) is 0 Å². The molecule has 4 nitrogen and oxygen atoms in total. The summed E-state index contributed by atoms with van der Waals surface area (Å²) in [6.45, 7) is 8.24. The number of hydrogen-bond donors (Lipinski definition) is 1. The molecule has 23 heavy (non-hydrogen) atoms. The van der Waals surface area contributed by atoms with E-state index in [0.29, 0.717) is 11.3 Å². The molecule has 1 N–H and O–H groups in total. The maximum absolute atomic E-state index is 5.42. The Hall–Kier alpha value is -1.39. The van der Waals surface area contributed by atoms with Crippen molar-refractivity contribution in [1.82, 2.24) is 14.9 Å². The normalized spacial score (nSPS) is 16.9. The van der Waals surface area contributed by atoms with Crippen LogP contribution in [0.1, 0.15) is 38.9 Å². The van der Waals surface area contributed by atoms with Gasteiger partial charge < -0.3 is 14.6 Å². The van der Waals surface area contributed by atoms with Crippen LogP contribution in [0.2, 0.25) is 0 Å².